The predicted molar refractivity (Wildman–Crippen MR) is 90.7 cm³/mol. The Labute approximate surface area is 148 Å². The maximum absolute atomic E-state index is 12.9. The molecule has 25 heavy (non-hydrogen) atoms. The normalized spacial score (nSPS) is 17.2. The number of methoxy groups -OCH3 is 1. The standard InChI is InChI=1S/C17H22N2O5S/c1-13(12-18)24-17(20)15-11-14(7-8-16(15)23-2)25(21,22)19-9-5-3-4-6-10-19/h7-8,11,13H,3-6,9-10H2,1-2H3/t13-/m1/s1. The van der Waals surface area contributed by atoms with Gasteiger partial charge in [-0.15, -0.1) is 0 Å². The zero-order valence-electron chi connectivity index (χ0n) is 14.4. The Morgan fingerprint density at radius 1 is 1.24 bits per heavy atom. The van der Waals surface area contributed by atoms with Crippen LogP contribution in [0.25, 0.3) is 0 Å². The highest BCUT2D eigenvalue weighted by Gasteiger charge is 2.27. The molecule has 0 aromatic heterocycles. The minimum atomic E-state index is -3.70. The van der Waals surface area contributed by atoms with Crippen molar-refractivity contribution in [2.45, 2.75) is 43.6 Å². The maximum Gasteiger partial charge on any atom is 0.343 e. The third-order valence-electron chi connectivity index (χ3n) is 4.06. The van der Waals surface area contributed by atoms with Crippen molar-refractivity contribution in [3.05, 3.63) is 23.8 Å². The molecule has 1 aliphatic rings. The van der Waals surface area contributed by atoms with Gasteiger partial charge in [0.05, 0.1) is 12.0 Å². The fourth-order valence-electron chi connectivity index (χ4n) is 2.69. The summed E-state index contributed by atoms with van der Waals surface area (Å²) in [6, 6.07) is 5.90. The highest BCUT2D eigenvalue weighted by atomic mass is 32.2. The lowest BCUT2D eigenvalue weighted by molar-refractivity contribution is 0.0431. The van der Waals surface area contributed by atoms with Crippen LogP contribution < -0.4 is 4.74 Å². The van der Waals surface area contributed by atoms with Crippen LogP contribution in [-0.4, -0.2) is 45.0 Å². The first-order chi connectivity index (χ1) is 11.9. The van der Waals surface area contributed by atoms with E-state index in [2.05, 4.69) is 0 Å². The molecule has 1 fully saturated rings. The molecule has 136 valence electrons. The Morgan fingerprint density at radius 2 is 1.88 bits per heavy atom. The molecule has 1 atom stereocenters. The monoisotopic (exact) mass is 366 g/mol. The zero-order chi connectivity index (χ0) is 18.4. The van der Waals surface area contributed by atoms with Crippen LogP contribution in [0.1, 0.15) is 43.0 Å². The van der Waals surface area contributed by atoms with Crippen molar-refractivity contribution in [2.24, 2.45) is 0 Å². The van der Waals surface area contributed by atoms with Gasteiger partial charge in [0.25, 0.3) is 0 Å². The fourth-order valence-corrected chi connectivity index (χ4v) is 4.23. The highest BCUT2D eigenvalue weighted by molar-refractivity contribution is 7.89. The molecule has 0 saturated carbocycles. The first-order valence-electron chi connectivity index (χ1n) is 8.19. The number of ether oxygens (including phenoxy) is 2. The van der Waals surface area contributed by atoms with E-state index in [-0.39, 0.29) is 16.2 Å². The number of carbonyl (C=O) groups excluding carboxylic acids is 1. The number of nitriles is 1. The van der Waals surface area contributed by atoms with Crippen LogP contribution in [0, 0.1) is 11.3 Å². The summed E-state index contributed by atoms with van der Waals surface area (Å²) in [4.78, 5) is 12.3. The van der Waals surface area contributed by atoms with Gasteiger partial charge in [-0.1, -0.05) is 12.8 Å². The predicted octanol–water partition coefficient (Wildman–Crippen LogP) is 2.33. The number of nitrogens with zero attached hydrogens (tertiary/aromatic N) is 2. The van der Waals surface area contributed by atoms with Gasteiger partial charge in [-0.25, -0.2) is 13.2 Å². The van der Waals surface area contributed by atoms with Crippen molar-refractivity contribution in [3.8, 4) is 11.8 Å². The lowest BCUT2D eigenvalue weighted by atomic mass is 10.2. The van der Waals surface area contributed by atoms with Crippen LogP contribution in [0.4, 0.5) is 0 Å². The van der Waals surface area contributed by atoms with Gasteiger partial charge in [-0.3, -0.25) is 0 Å². The molecule has 2 rings (SSSR count). The average Bonchev–Trinajstić information content (AvgIpc) is 2.90. The van der Waals surface area contributed by atoms with Crippen molar-refractivity contribution < 1.29 is 22.7 Å². The van der Waals surface area contributed by atoms with Crippen molar-refractivity contribution in [1.29, 1.82) is 5.26 Å². The summed E-state index contributed by atoms with van der Waals surface area (Å²) in [6.07, 6.45) is 2.73. The number of benzene rings is 1. The third kappa shape index (κ3) is 4.50. The summed E-state index contributed by atoms with van der Waals surface area (Å²) in [7, 11) is -2.32. The molecule has 1 saturated heterocycles. The smallest absolute Gasteiger partial charge is 0.343 e. The van der Waals surface area contributed by atoms with E-state index in [9.17, 15) is 13.2 Å². The first kappa shape index (κ1) is 19.2. The number of rotatable bonds is 5. The van der Waals surface area contributed by atoms with Gasteiger partial charge in [0.2, 0.25) is 10.0 Å². The molecule has 0 amide bonds. The van der Waals surface area contributed by atoms with Gasteiger partial charge in [0.15, 0.2) is 6.10 Å². The second kappa shape index (κ2) is 8.32. The van der Waals surface area contributed by atoms with Gasteiger partial charge in [0, 0.05) is 13.1 Å². The number of carbonyl (C=O) groups is 1. The molecule has 1 aliphatic heterocycles. The fraction of sp³-hybridized carbons (Fsp3) is 0.529. The quantitative estimate of drug-likeness (QED) is 0.742. The second-order valence-electron chi connectivity index (χ2n) is 5.86. The number of hydrogen-bond donors (Lipinski definition) is 0. The molecule has 0 spiro atoms. The lowest BCUT2D eigenvalue weighted by Gasteiger charge is -2.20. The summed E-state index contributed by atoms with van der Waals surface area (Å²) in [5, 5.41) is 8.78. The van der Waals surface area contributed by atoms with Gasteiger partial charge < -0.3 is 9.47 Å². The van der Waals surface area contributed by atoms with Crippen LogP contribution in [-0.2, 0) is 14.8 Å². The van der Waals surface area contributed by atoms with Gasteiger partial charge in [-0.2, -0.15) is 9.57 Å². The van der Waals surface area contributed by atoms with E-state index < -0.39 is 22.1 Å². The Balaban J connectivity index is 2.37. The number of hydrogen-bond acceptors (Lipinski definition) is 6. The summed E-state index contributed by atoms with van der Waals surface area (Å²) < 4.78 is 37.3. The molecule has 1 aromatic carbocycles. The first-order valence-corrected chi connectivity index (χ1v) is 9.63. The Kier molecular flexibility index (Phi) is 6.39. The van der Waals surface area contributed by atoms with Crippen LogP contribution in [0.5, 0.6) is 5.75 Å². The van der Waals surface area contributed by atoms with Crippen LogP contribution in [0.3, 0.4) is 0 Å². The summed E-state index contributed by atoms with van der Waals surface area (Å²) in [5.74, 6) is -0.594. The maximum atomic E-state index is 12.9. The molecule has 1 aromatic rings. The molecule has 0 N–H and O–H groups in total. The third-order valence-corrected chi connectivity index (χ3v) is 5.95. The zero-order valence-corrected chi connectivity index (χ0v) is 15.2. The molecule has 1 heterocycles. The minimum Gasteiger partial charge on any atom is -0.496 e. The van der Waals surface area contributed by atoms with E-state index >= 15 is 0 Å². The Hall–Kier alpha value is -2.11. The SMILES string of the molecule is COc1ccc(S(=O)(=O)N2CCCCCC2)cc1C(=O)O[C@H](C)C#N. The van der Waals surface area contributed by atoms with Crippen LogP contribution >= 0.6 is 0 Å². The van der Waals surface area contributed by atoms with E-state index in [4.69, 9.17) is 14.7 Å². The van der Waals surface area contributed by atoms with Crippen molar-refractivity contribution >= 4 is 16.0 Å². The molecular weight excluding hydrogens is 344 g/mol. The van der Waals surface area contributed by atoms with E-state index in [1.165, 1.54) is 36.5 Å². The number of esters is 1. The molecule has 0 radical (unpaired) electrons. The molecule has 0 aliphatic carbocycles. The topological polar surface area (TPSA) is 96.7 Å². The number of sulfonamides is 1. The lowest BCUT2D eigenvalue weighted by Crippen LogP contribution is -2.32. The molecule has 0 bridgehead atoms. The highest BCUT2D eigenvalue weighted by Crippen LogP contribution is 2.27. The molecular formula is C17H22N2O5S. The van der Waals surface area contributed by atoms with Crippen molar-refractivity contribution in [3.63, 3.8) is 0 Å². The van der Waals surface area contributed by atoms with E-state index in [1.807, 2.05) is 0 Å². The minimum absolute atomic E-state index is 0.0134. The molecule has 7 nitrogen and oxygen atoms in total. The summed E-state index contributed by atoms with van der Waals surface area (Å²) in [6.45, 7) is 2.38. The van der Waals surface area contributed by atoms with Crippen molar-refractivity contribution in [2.75, 3.05) is 20.2 Å². The largest absolute Gasteiger partial charge is 0.496 e. The second-order valence-corrected chi connectivity index (χ2v) is 7.79. The summed E-state index contributed by atoms with van der Waals surface area (Å²) in [5.41, 5.74) is -0.0134. The molecule has 8 heteroatoms. The Morgan fingerprint density at radius 3 is 2.44 bits per heavy atom. The van der Waals surface area contributed by atoms with Crippen LogP contribution in [0.15, 0.2) is 23.1 Å². The van der Waals surface area contributed by atoms with Gasteiger partial charge >= 0.3 is 5.97 Å². The molecule has 0 unspecified atom stereocenters. The van der Waals surface area contributed by atoms with Crippen LogP contribution in [0.2, 0.25) is 0 Å². The van der Waals surface area contributed by atoms with E-state index in [0.29, 0.717) is 13.1 Å². The average molecular weight is 366 g/mol. The van der Waals surface area contributed by atoms with Crippen molar-refractivity contribution in [1.82, 2.24) is 4.31 Å². The van der Waals surface area contributed by atoms with Gasteiger partial charge in [-0.05, 0) is 38.0 Å². The summed E-state index contributed by atoms with van der Waals surface area (Å²) >= 11 is 0. The van der Waals surface area contributed by atoms with E-state index in [1.54, 1.807) is 6.07 Å². The Bertz CT molecular complexity index is 762. The van der Waals surface area contributed by atoms with Gasteiger partial charge in [0.1, 0.15) is 17.4 Å². The van der Waals surface area contributed by atoms with E-state index in [0.717, 1.165) is 25.7 Å².